The number of hydrogen-bond acceptors (Lipinski definition) is 4. The van der Waals surface area contributed by atoms with E-state index in [0.717, 1.165) is 12.3 Å². The first kappa shape index (κ1) is 11.8. The molecule has 0 radical (unpaired) electrons. The SMILES string of the molecule is OCC(F)(F)C(O)c1cc2nncn2cc1F. The summed E-state index contributed by atoms with van der Waals surface area (Å²) in [5, 5.41) is 24.7. The van der Waals surface area contributed by atoms with Crippen LogP contribution in [0.1, 0.15) is 11.7 Å². The number of halogens is 3. The van der Waals surface area contributed by atoms with Crippen molar-refractivity contribution >= 4 is 5.65 Å². The molecular weight excluding hydrogens is 239 g/mol. The van der Waals surface area contributed by atoms with Crippen LogP contribution in [0, 0.1) is 5.82 Å². The third kappa shape index (κ3) is 1.96. The van der Waals surface area contributed by atoms with Crippen LogP contribution in [0.5, 0.6) is 0 Å². The highest BCUT2D eigenvalue weighted by atomic mass is 19.3. The Hall–Kier alpha value is -1.67. The number of alkyl halides is 2. The average molecular weight is 247 g/mol. The van der Waals surface area contributed by atoms with Crippen LogP contribution in [0.15, 0.2) is 18.6 Å². The van der Waals surface area contributed by atoms with Crippen LogP contribution < -0.4 is 0 Å². The normalized spacial score (nSPS) is 14.2. The molecule has 0 saturated carbocycles. The molecule has 0 saturated heterocycles. The fraction of sp³-hybridized carbons (Fsp3) is 0.333. The second-order valence-corrected chi connectivity index (χ2v) is 3.49. The molecule has 0 aliphatic heterocycles. The highest BCUT2D eigenvalue weighted by Gasteiger charge is 2.40. The van der Waals surface area contributed by atoms with Gasteiger partial charge in [0.1, 0.15) is 24.9 Å². The summed E-state index contributed by atoms with van der Waals surface area (Å²) in [7, 11) is 0. The molecule has 0 bridgehead atoms. The third-order valence-electron chi connectivity index (χ3n) is 2.32. The number of pyridine rings is 1. The van der Waals surface area contributed by atoms with E-state index in [1.807, 2.05) is 0 Å². The summed E-state index contributed by atoms with van der Waals surface area (Å²) in [6.45, 7) is -1.58. The number of rotatable bonds is 3. The van der Waals surface area contributed by atoms with Crippen molar-refractivity contribution in [1.29, 1.82) is 0 Å². The topological polar surface area (TPSA) is 70.7 Å². The monoisotopic (exact) mass is 247 g/mol. The largest absolute Gasteiger partial charge is 0.390 e. The van der Waals surface area contributed by atoms with E-state index in [4.69, 9.17) is 5.11 Å². The van der Waals surface area contributed by atoms with E-state index >= 15 is 0 Å². The van der Waals surface area contributed by atoms with E-state index in [-0.39, 0.29) is 5.65 Å². The Morgan fingerprint density at radius 3 is 2.82 bits per heavy atom. The number of nitrogens with zero attached hydrogens (tertiary/aromatic N) is 3. The minimum Gasteiger partial charge on any atom is -0.390 e. The highest BCUT2D eigenvalue weighted by molar-refractivity contribution is 5.41. The first-order valence-corrected chi connectivity index (χ1v) is 4.61. The number of aliphatic hydroxyl groups is 2. The zero-order chi connectivity index (χ0) is 12.6. The number of aliphatic hydroxyl groups excluding tert-OH is 2. The summed E-state index contributed by atoms with van der Waals surface area (Å²) in [6, 6.07) is 0.955. The van der Waals surface area contributed by atoms with E-state index < -0.39 is 30.0 Å². The van der Waals surface area contributed by atoms with Crippen molar-refractivity contribution in [2.75, 3.05) is 6.61 Å². The van der Waals surface area contributed by atoms with Crippen LogP contribution in [0.4, 0.5) is 13.2 Å². The molecule has 17 heavy (non-hydrogen) atoms. The quantitative estimate of drug-likeness (QED) is 0.830. The van der Waals surface area contributed by atoms with Gasteiger partial charge in [0.15, 0.2) is 5.65 Å². The molecule has 0 spiro atoms. The number of hydrogen-bond donors (Lipinski definition) is 2. The standard InChI is InChI=1S/C9H8F3N3O2/c10-6-2-15-4-13-14-7(15)1-5(6)8(17)9(11,12)3-16/h1-2,4,8,16-17H,3H2. The molecule has 92 valence electrons. The Morgan fingerprint density at radius 1 is 1.47 bits per heavy atom. The molecule has 0 aliphatic carbocycles. The highest BCUT2D eigenvalue weighted by Crippen LogP contribution is 2.32. The van der Waals surface area contributed by atoms with Gasteiger partial charge in [0.05, 0.1) is 0 Å². The lowest BCUT2D eigenvalue weighted by Gasteiger charge is -2.20. The lowest BCUT2D eigenvalue weighted by atomic mass is 10.0. The molecule has 0 aromatic carbocycles. The summed E-state index contributed by atoms with van der Waals surface area (Å²) >= 11 is 0. The van der Waals surface area contributed by atoms with Crippen molar-refractivity contribution in [2.24, 2.45) is 0 Å². The minimum absolute atomic E-state index is 0.120. The lowest BCUT2D eigenvalue weighted by molar-refractivity contribution is -0.139. The molecule has 0 fully saturated rings. The molecule has 1 atom stereocenters. The van der Waals surface area contributed by atoms with Crippen molar-refractivity contribution in [3.63, 3.8) is 0 Å². The van der Waals surface area contributed by atoms with Gasteiger partial charge in [-0.3, -0.25) is 4.40 Å². The maximum atomic E-state index is 13.5. The zero-order valence-electron chi connectivity index (χ0n) is 8.39. The molecule has 1 unspecified atom stereocenters. The summed E-state index contributed by atoms with van der Waals surface area (Å²) in [4.78, 5) is 0. The van der Waals surface area contributed by atoms with E-state index in [2.05, 4.69) is 10.2 Å². The molecule has 0 aliphatic rings. The van der Waals surface area contributed by atoms with Gasteiger partial charge in [0.25, 0.3) is 5.92 Å². The molecule has 5 nitrogen and oxygen atoms in total. The Morgan fingerprint density at radius 2 is 2.18 bits per heavy atom. The second kappa shape index (κ2) is 3.97. The van der Waals surface area contributed by atoms with Crippen molar-refractivity contribution in [2.45, 2.75) is 12.0 Å². The van der Waals surface area contributed by atoms with Gasteiger partial charge in [0.2, 0.25) is 0 Å². The van der Waals surface area contributed by atoms with Gasteiger partial charge in [0, 0.05) is 11.8 Å². The van der Waals surface area contributed by atoms with Gasteiger partial charge in [-0.2, -0.15) is 0 Å². The van der Waals surface area contributed by atoms with E-state index in [1.165, 1.54) is 10.7 Å². The van der Waals surface area contributed by atoms with Crippen molar-refractivity contribution in [3.8, 4) is 0 Å². The number of fused-ring (bicyclic) bond motifs is 1. The Kier molecular flexibility index (Phi) is 2.76. The van der Waals surface area contributed by atoms with Crippen molar-refractivity contribution in [1.82, 2.24) is 14.6 Å². The van der Waals surface area contributed by atoms with Crippen LogP contribution in [0.3, 0.4) is 0 Å². The minimum atomic E-state index is -3.82. The maximum Gasteiger partial charge on any atom is 0.300 e. The van der Waals surface area contributed by atoms with E-state index in [1.54, 1.807) is 0 Å². The smallest absolute Gasteiger partial charge is 0.300 e. The van der Waals surface area contributed by atoms with Crippen LogP contribution in [-0.2, 0) is 0 Å². The molecule has 2 N–H and O–H groups in total. The molecular formula is C9H8F3N3O2. The van der Waals surface area contributed by atoms with Crippen LogP contribution in [-0.4, -0.2) is 37.3 Å². The van der Waals surface area contributed by atoms with Gasteiger partial charge in [-0.15, -0.1) is 10.2 Å². The Bertz CT molecular complexity index is 543. The second-order valence-electron chi connectivity index (χ2n) is 3.49. The predicted molar refractivity (Wildman–Crippen MR) is 49.9 cm³/mol. The average Bonchev–Trinajstić information content (AvgIpc) is 2.73. The fourth-order valence-electron chi connectivity index (χ4n) is 1.38. The summed E-state index contributed by atoms with van der Waals surface area (Å²) in [6.07, 6.45) is -0.366. The Balaban J connectivity index is 2.50. The van der Waals surface area contributed by atoms with Gasteiger partial charge in [-0.05, 0) is 6.07 Å². The van der Waals surface area contributed by atoms with Crippen molar-refractivity contribution in [3.05, 3.63) is 30.0 Å². The Labute approximate surface area is 93.1 Å². The fourth-order valence-corrected chi connectivity index (χ4v) is 1.38. The summed E-state index contributed by atoms with van der Waals surface area (Å²) < 4.78 is 40.7. The van der Waals surface area contributed by atoms with Gasteiger partial charge in [-0.1, -0.05) is 0 Å². The third-order valence-corrected chi connectivity index (χ3v) is 2.32. The maximum absolute atomic E-state index is 13.5. The van der Waals surface area contributed by atoms with E-state index in [9.17, 15) is 18.3 Å². The zero-order valence-corrected chi connectivity index (χ0v) is 8.39. The van der Waals surface area contributed by atoms with Gasteiger partial charge in [-0.25, -0.2) is 13.2 Å². The molecule has 2 aromatic heterocycles. The first-order valence-electron chi connectivity index (χ1n) is 4.61. The van der Waals surface area contributed by atoms with E-state index in [0.29, 0.717) is 0 Å². The lowest BCUT2D eigenvalue weighted by Crippen LogP contribution is -2.31. The van der Waals surface area contributed by atoms with Gasteiger partial charge < -0.3 is 10.2 Å². The molecule has 0 amide bonds. The first-order chi connectivity index (χ1) is 7.95. The van der Waals surface area contributed by atoms with Crippen LogP contribution >= 0.6 is 0 Å². The van der Waals surface area contributed by atoms with Crippen LogP contribution in [0.2, 0.25) is 0 Å². The predicted octanol–water partition coefficient (Wildman–Crippen LogP) is 0.529. The number of aromatic nitrogens is 3. The summed E-state index contributed by atoms with van der Waals surface area (Å²) in [5.41, 5.74) is -0.515. The molecule has 2 heterocycles. The molecule has 2 rings (SSSR count). The molecule has 8 heteroatoms. The van der Waals surface area contributed by atoms with Gasteiger partial charge >= 0.3 is 0 Å². The molecule has 2 aromatic rings. The van der Waals surface area contributed by atoms with Crippen LogP contribution in [0.25, 0.3) is 5.65 Å². The van der Waals surface area contributed by atoms with Crippen molar-refractivity contribution < 1.29 is 23.4 Å². The summed E-state index contributed by atoms with van der Waals surface area (Å²) in [5.74, 6) is -4.85.